The summed E-state index contributed by atoms with van der Waals surface area (Å²) in [7, 11) is 0. The van der Waals surface area contributed by atoms with Gasteiger partial charge >= 0.3 is 0 Å². The Balaban J connectivity index is 2.23. The van der Waals surface area contributed by atoms with Crippen molar-refractivity contribution in [2.75, 3.05) is 13.1 Å². The van der Waals surface area contributed by atoms with Gasteiger partial charge < -0.3 is 16.2 Å². The Morgan fingerprint density at radius 1 is 1.44 bits per heavy atom. The van der Waals surface area contributed by atoms with Crippen molar-refractivity contribution < 1.29 is 5.11 Å². The molecule has 1 unspecified atom stereocenters. The smallest absolute Gasteiger partial charge is 0.105 e. The number of rotatable bonds is 1. The van der Waals surface area contributed by atoms with E-state index in [1.54, 1.807) is 0 Å². The van der Waals surface area contributed by atoms with Crippen LogP contribution in [-0.2, 0) is 0 Å². The Morgan fingerprint density at radius 3 is 2.33 bits per heavy atom. The summed E-state index contributed by atoms with van der Waals surface area (Å²) in [4.78, 5) is 0. The van der Waals surface area contributed by atoms with E-state index in [0.717, 1.165) is 25.9 Å². The molecule has 3 heteroatoms. The fourth-order valence-electron chi connectivity index (χ4n) is 1.19. The fraction of sp³-hybridized carbons (Fsp3) is 1.00. The van der Waals surface area contributed by atoms with Gasteiger partial charge in [0, 0.05) is 5.92 Å². The van der Waals surface area contributed by atoms with Crippen molar-refractivity contribution in [1.29, 1.82) is 0 Å². The first kappa shape index (κ1) is 6.99. The first-order valence-corrected chi connectivity index (χ1v) is 3.45. The van der Waals surface area contributed by atoms with Crippen molar-refractivity contribution >= 4 is 0 Å². The Hall–Kier alpha value is -0.120. The molecule has 1 aliphatic heterocycles. The molecule has 1 atom stereocenters. The third-order valence-electron chi connectivity index (χ3n) is 1.87. The Labute approximate surface area is 55.2 Å². The van der Waals surface area contributed by atoms with Crippen LogP contribution in [0.25, 0.3) is 0 Å². The first-order chi connectivity index (χ1) is 4.30. The minimum Gasteiger partial charge on any atom is -0.379 e. The molecular formula is C6H14N2O. The summed E-state index contributed by atoms with van der Waals surface area (Å²) in [5.74, 6) is 0.325. The van der Waals surface area contributed by atoms with Crippen LogP contribution in [0.5, 0.6) is 0 Å². The second-order valence-corrected chi connectivity index (χ2v) is 2.58. The van der Waals surface area contributed by atoms with Gasteiger partial charge in [0.05, 0.1) is 0 Å². The van der Waals surface area contributed by atoms with Crippen LogP contribution in [0, 0.1) is 5.92 Å². The zero-order valence-electron chi connectivity index (χ0n) is 5.51. The highest BCUT2D eigenvalue weighted by Crippen LogP contribution is 2.12. The minimum absolute atomic E-state index is 0.325. The molecule has 3 nitrogen and oxygen atoms in total. The lowest BCUT2D eigenvalue weighted by Crippen LogP contribution is -2.38. The van der Waals surface area contributed by atoms with Gasteiger partial charge in [0.25, 0.3) is 0 Å². The van der Waals surface area contributed by atoms with Gasteiger partial charge in [0.1, 0.15) is 6.23 Å². The maximum Gasteiger partial charge on any atom is 0.105 e. The van der Waals surface area contributed by atoms with E-state index in [2.05, 4.69) is 5.32 Å². The quantitative estimate of drug-likeness (QED) is 0.410. The monoisotopic (exact) mass is 130 g/mol. The summed E-state index contributed by atoms with van der Waals surface area (Å²) in [5.41, 5.74) is 5.29. The number of hydrogen-bond acceptors (Lipinski definition) is 3. The molecule has 0 bridgehead atoms. The molecule has 4 N–H and O–H groups in total. The number of hydrogen-bond donors (Lipinski definition) is 3. The van der Waals surface area contributed by atoms with Gasteiger partial charge in [-0.2, -0.15) is 0 Å². The van der Waals surface area contributed by atoms with E-state index in [4.69, 9.17) is 10.8 Å². The Bertz CT molecular complexity index is 79.1. The first-order valence-electron chi connectivity index (χ1n) is 3.45. The number of nitrogens with two attached hydrogens (primary N) is 1. The third-order valence-corrected chi connectivity index (χ3v) is 1.87. The zero-order chi connectivity index (χ0) is 6.69. The largest absolute Gasteiger partial charge is 0.379 e. The van der Waals surface area contributed by atoms with E-state index < -0.39 is 6.23 Å². The predicted molar refractivity (Wildman–Crippen MR) is 35.8 cm³/mol. The van der Waals surface area contributed by atoms with E-state index in [9.17, 15) is 0 Å². The molecule has 1 aliphatic rings. The lowest BCUT2D eigenvalue weighted by atomic mass is 9.97. The summed E-state index contributed by atoms with van der Waals surface area (Å²) < 4.78 is 0. The topological polar surface area (TPSA) is 58.3 Å². The summed E-state index contributed by atoms with van der Waals surface area (Å²) in [6.45, 7) is 2.00. The molecule has 1 heterocycles. The average molecular weight is 130 g/mol. The van der Waals surface area contributed by atoms with Crippen molar-refractivity contribution in [1.82, 2.24) is 5.32 Å². The van der Waals surface area contributed by atoms with Crippen LogP contribution in [0.1, 0.15) is 12.8 Å². The predicted octanol–water partition coefficient (Wildman–Crippen LogP) is -0.737. The van der Waals surface area contributed by atoms with E-state index >= 15 is 0 Å². The molecule has 1 saturated heterocycles. The number of nitrogens with one attached hydrogen (secondary N) is 1. The van der Waals surface area contributed by atoms with Gasteiger partial charge in [-0.15, -0.1) is 0 Å². The molecule has 0 aliphatic carbocycles. The van der Waals surface area contributed by atoms with Gasteiger partial charge in [0.15, 0.2) is 0 Å². The lowest BCUT2D eigenvalue weighted by molar-refractivity contribution is 0.0947. The molecule has 0 aromatic heterocycles. The van der Waals surface area contributed by atoms with Crippen LogP contribution in [0.4, 0.5) is 0 Å². The Kier molecular flexibility index (Phi) is 2.45. The van der Waals surface area contributed by atoms with Gasteiger partial charge in [-0.05, 0) is 25.9 Å². The van der Waals surface area contributed by atoms with Crippen LogP contribution < -0.4 is 11.1 Å². The molecule has 0 amide bonds. The standard InChI is InChI=1S/C6H14N2O/c7-6(9)5-1-3-8-4-2-5/h5-6,8-9H,1-4,7H2. The van der Waals surface area contributed by atoms with E-state index in [0.29, 0.717) is 5.92 Å². The van der Waals surface area contributed by atoms with Crippen molar-refractivity contribution in [3.63, 3.8) is 0 Å². The number of aliphatic hydroxyl groups is 1. The van der Waals surface area contributed by atoms with E-state index in [-0.39, 0.29) is 0 Å². The highest BCUT2D eigenvalue weighted by Gasteiger charge is 2.17. The Morgan fingerprint density at radius 2 is 2.00 bits per heavy atom. The van der Waals surface area contributed by atoms with Crippen molar-refractivity contribution in [2.45, 2.75) is 19.1 Å². The van der Waals surface area contributed by atoms with Crippen LogP contribution in [0.15, 0.2) is 0 Å². The van der Waals surface area contributed by atoms with Crippen molar-refractivity contribution in [2.24, 2.45) is 11.7 Å². The van der Waals surface area contributed by atoms with E-state index in [1.807, 2.05) is 0 Å². The molecule has 0 radical (unpaired) electrons. The summed E-state index contributed by atoms with van der Waals surface area (Å²) in [5, 5.41) is 12.1. The van der Waals surface area contributed by atoms with E-state index in [1.165, 1.54) is 0 Å². The van der Waals surface area contributed by atoms with Crippen LogP contribution in [0.2, 0.25) is 0 Å². The molecule has 0 aromatic carbocycles. The third kappa shape index (κ3) is 1.93. The van der Waals surface area contributed by atoms with Crippen LogP contribution in [-0.4, -0.2) is 24.4 Å². The van der Waals surface area contributed by atoms with Gasteiger partial charge in [-0.1, -0.05) is 0 Å². The molecule has 1 fully saturated rings. The fourth-order valence-corrected chi connectivity index (χ4v) is 1.19. The van der Waals surface area contributed by atoms with Crippen LogP contribution >= 0.6 is 0 Å². The molecule has 0 spiro atoms. The minimum atomic E-state index is -0.605. The molecule has 9 heavy (non-hydrogen) atoms. The average Bonchev–Trinajstić information content (AvgIpc) is 1.90. The number of piperidine rings is 1. The lowest BCUT2D eigenvalue weighted by Gasteiger charge is -2.24. The zero-order valence-corrected chi connectivity index (χ0v) is 5.51. The molecule has 54 valence electrons. The summed E-state index contributed by atoms with van der Waals surface area (Å²) >= 11 is 0. The van der Waals surface area contributed by atoms with Gasteiger partial charge in [-0.3, -0.25) is 0 Å². The second kappa shape index (κ2) is 3.15. The highest BCUT2D eigenvalue weighted by atomic mass is 16.3. The highest BCUT2D eigenvalue weighted by molar-refractivity contribution is 4.71. The van der Waals surface area contributed by atoms with Gasteiger partial charge in [-0.25, -0.2) is 0 Å². The van der Waals surface area contributed by atoms with Crippen molar-refractivity contribution in [3.8, 4) is 0 Å². The van der Waals surface area contributed by atoms with Gasteiger partial charge in [0.2, 0.25) is 0 Å². The number of aliphatic hydroxyl groups excluding tert-OH is 1. The maximum absolute atomic E-state index is 8.93. The molecular weight excluding hydrogens is 116 g/mol. The summed E-state index contributed by atoms with van der Waals surface area (Å²) in [6.07, 6.45) is 1.42. The molecule has 1 rings (SSSR count). The van der Waals surface area contributed by atoms with Crippen LogP contribution in [0.3, 0.4) is 0 Å². The maximum atomic E-state index is 8.93. The SMILES string of the molecule is NC(O)C1CCNCC1. The summed E-state index contributed by atoms with van der Waals surface area (Å²) in [6, 6.07) is 0. The molecule has 0 aromatic rings. The molecule has 0 saturated carbocycles. The van der Waals surface area contributed by atoms with Crippen molar-refractivity contribution in [3.05, 3.63) is 0 Å². The second-order valence-electron chi connectivity index (χ2n) is 2.58. The normalized spacial score (nSPS) is 26.0.